The summed E-state index contributed by atoms with van der Waals surface area (Å²) in [5.41, 5.74) is 2.77. The Morgan fingerprint density at radius 3 is 3.04 bits per heavy atom. The molecule has 1 amide bonds. The van der Waals surface area contributed by atoms with E-state index in [0.717, 1.165) is 28.0 Å². The Balaban J connectivity index is 1.41. The van der Waals surface area contributed by atoms with Crippen LogP contribution < -0.4 is 14.8 Å². The van der Waals surface area contributed by atoms with Crippen LogP contribution in [-0.2, 0) is 29.0 Å². The maximum absolute atomic E-state index is 12.7. The zero-order valence-corrected chi connectivity index (χ0v) is 15.9. The van der Waals surface area contributed by atoms with Crippen molar-refractivity contribution in [1.82, 2.24) is 10.1 Å². The standard InChI is InChI=1S/C19H17N3O5S/c1-10-20-18(27-22-10)17-12-4-5-24-8-15(12)28-19(17)21-16(23)7-11-2-3-13-14(6-11)26-9-25-13/h2-3,6H,4-5,7-9H2,1H3,(H,21,23). The molecule has 8 nitrogen and oxygen atoms in total. The molecule has 0 spiro atoms. The van der Waals surface area contributed by atoms with Gasteiger partial charge in [-0.3, -0.25) is 4.79 Å². The van der Waals surface area contributed by atoms with Gasteiger partial charge < -0.3 is 24.1 Å². The number of aromatic nitrogens is 2. The average Bonchev–Trinajstić information content (AvgIpc) is 3.38. The lowest BCUT2D eigenvalue weighted by Gasteiger charge is -2.12. The van der Waals surface area contributed by atoms with Gasteiger partial charge in [-0.1, -0.05) is 11.2 Å². The average molecular weight is 399 g/mol. The molecule has 2 aliphatic heterocycles. The SMILES string of the molecule is Cc1noc(-c2c(NC(=O)Cc3ccc4c(c3)OCO4)sc3c2CCOC3)n1. The first kappa shape index (κ1) is 17.2. The molecule has 0 unspecified atom stereocenters. The van der Waals surface area contributed by atoms with Crippen molar-refractivity contribution in [1.29, 1.82) is 0 Å². The number of nitrogens with one attached hydrogen (secondary N) is 1. The van der Waals surface area contributed by atoms with Crippen molar-refractivity contribution in [2.24, 2.45) is 0 Å². The molecule has 1 N–H and O–H groups in total. The van der Waals surface area contributed by atoms with E-state index in [-0.39, 0.29) is 19.1 Å². The number of rotatable bonds is 4. The second-order valence-corrected chi connectivity index (χ2v) is 7.67. The molecule has 5 rings (SSSR count). The molecule has 0 atom stereocenters. The normalized spacial score (nSPS) is 14.8. The zero-order chi connectivity index (χ0) is 19.1. The first-order valence-electron chi connectivity index (χ1n) is 8.89. The third-order valence-electron chi connectivity index (χ3n) is 4.62. The summed E-state index contributed by atoms with van der Waals surface area (Å²) < 4.78 is 21.6. The van der Waals surface area contributed by atoms with Crippen LogP contribution in [0.25, 0.3) is 11.5 Å². The summed E-state index contributed by atoms with van der Waals surface area (Å²) in [5.74, 6) is 2.21. The number of hydrogen-bond donors (Lipinski definition) is 1. The van der Waals surface area contributed by atoms with Crippen molar-refractivity contribution in [2.75, 3.05) is 18.7 Å². The number of amides is 1. The molecular formula is C19H17N3O5S. The van der Waals surface area contributed by atoms with Crippen LogP contribution >= 0.6 is 11.3 Å². The molecule has 144 valence electrons. The van der Waals surface area contributed by atoms with Gasteiger partial charge in [0.2, 0.25) is 12.7 Å². The third kappa shape index (κ3) is 3.12. The fourth-order valence-corrected chi connectivity index (χ4v) is 4.55. The summed E-state index contributed by atoms with van der Waals surface area (Å²) in [5, 5.41) is 7.62. The van der Waals surface area contributed by atoms with E-state index in [9.17, 15) is 4.79 Å². The number of carbonyl (C=O) groups excluding carboxylic acids is 1. The second-order valence-electron chi connectivity index (χ2n) is 6.57. The van der Waals surface area contributed by atoms with Crippen LogP contribution in [0.5, 0.6) is 11.5 Å². The summed E-state index contributed by atoms with van der Waals surface area (Å²) in [7, 11) is 0. The Bertz CT molecular complexity index is 1060. The fourth-order valence-electron chi connectivity index (χ4n) is 3.35. The molecule has 0 aliphatic carbocycles. The quantitative estimate of drug-likeness (QED) is 0.720. The Morgan fingerprint density at radius 1 is 1.29 bits per heavy atom. The Labute approximate surface area is 164 Å². The van der Waals surface area contributed by atoms with Crippen molar-refractivity contribution in [3.8, 4) is 23.0 Å². The highest BCUT2D eigenvalue weighted by Crippen LogP contribution is 2.42. The lowest BCUT2D eigenvalue weighted by atomic mass is 10.1. The van der Waals surface area contributed by atoms with Crippen LogP contribution in [0.15, 0.2) is 22.7 Å². The Hall–Kier alpha value is -2.91. The number of benzene rings is 1. The van der Waals surface area contributed by atoms with E-state index in [2.05, 4.69) is 15.5 Å². The van der Waals surface area contributed by atoms with Crippen molar-refractivity contribution < 1.29 is 23.5 Å². The lowest BCUT2D eigenvalue weighted by molar-refractivity contribution is -0.115. The molecule has 0 fully saturated rings. The van der Waals surface area contributed by atoms with E-state index in [1.807, 2.05) is 18.2 Å². The fraction of sp³-hybridized carbons (Fsp3) is 0.316. The number of thiophene rings is 1. The van der Waals surface area contributed by atoms with E-state index in [4.69, 9.17) is 18.7 Å². The van der Waals surface area contributed by atoms with Gasteiger partial charge in [0.1, 0.15) is 5.00 Å². The number of anilines is 1. The predicted molar refractivity (Wildman–Crippen MR) is 101 cm³/mol. The maximum Gasteiger partial charge on any atom is 0.261 e. The van der Waals surface area contributed by atoms with E-state index < -0.39 is 0 Å². The van der Waals surface area contributed by atoms with E-state index >= 15 is 0 Å². The largest absolute Gasteiger partial charge is 0.454 e. The molecule has 3 aromatic rings. The Kier molecular flexibility index (Phi) is 4.25. The van der Waals surface area contributed by atoms with Gasteiger partial charge in [-0.15, -0.1) is 11.3 Å². The van der Waals surface area contributed by atoms with Gasteiger partial charge in [0.25, 0.3) is 5.89 Å². The minimum atomic E-state index is -0.129. The number of nitrogens with zero attached hydrogens (tertiary/aromatic N) is 2. The molecule has 2 aromatic heterocycles. The van der Waals surface area contributed by atoms with Gasteiger partial charge in [-0.2, -0.15) is 4.98 Å². The van der Waals surface area contributed by atoms with Crippen molar-refractivity contribution >= 4 is 22.2 Å². The van der Waals surface area contributed by atoms with Gasteiger partial charge in [-0.25, -0.2) is 0 Å². The topological polar surface area (TPSA) is 95.7 Å². The first-order valence-corrected chi connectivity index (χ1v) is 9.70. The van der Waals surface area contributed by atoms with Crippen molar-refractivity contribution in [3.63, 3.8) is 0 Å². The number of fused-ring (bicyclic) bond motifs is 2. The lowest BCUT2D eigenvalue weighted by Crippen LogP contribution is -2.14. The number of aryl methyl sites for hydroxylation is 1. The van der Waals surface area contributed by atoms with Crippen LogP contribution in [0.1, 0.15) is 21.8 Å². The summed E-state index contributed by atoms with van der Waals surface area (Å²) >= 11 is 1.50. The molecule has 9 heteroatoms. The molecule has 4 heterocycles. The second kappa shape index (κ2) is 6.92. The third-order valence-corrected chi connectivity index (χ3v) is 5.74. The molecule has 0 saturated heterocycles. The molecule has 0 saturated carbocycles. The number of hydrogen-bond acceptors (Lipinski definition) is 8. The molecular weight excluding hydrogens is 382 g/mol. The molecule has 0 bridgehead atoms. The Morgan fingerprint density at radius 2 is 2.18 bits per heavy atom. The van der Waals surface area contributed by atoms with Gasteiger partial charge in [0.15, 0.2) is 17.3 Å². The maximum atomic E-state index is 12.7. The van der Waals surface area contributed by atoms with Crippen molar-refractivity contribution in [3.05, 3.63) is 40.0 Å². The first-order chi connectivity index (χ1) is 13.7. The minimum Gasteiger partial charge on any atom is -0.454 e. The van der Waals surface area contributed by atoms with Gasteiger partial charge in [-0.05, 0) is 36.6 Å². The smallest absolute Gasteiger partial charge is 0.261 e. The van der Waals surface area contributed by atoms with Gasteiger partial charge in [0.05, 0.1) is 25.2 Å². The molecule has 0 radical (unpaired) electrons. The zero-order valence-electron chi connectivity index (χ0n) is 15.1. The van der Waals surface area contributed by atoms with E-state index in [1.165, 1.54) is 11.3 Å². The molecule has 1 aromatic carbocycles. The van der Waals surface area contributed by atoms with E-state index in [1.54, 1.807) is 6.92 Å². The van der Waals surface area contributed by atoms with Crippen molar-refractivity contribution in [2.45, 2.75) is 26.4 Å². The van der Waals surface area contributed by atoms with Gasteiger partial charge >= 0.3 is 0 Å². The van der Waals surface area contributed by atoms with Crippen LogP contribution in [0.4, 0.5) is 5.00 Å². The number of carbonyl (C=O) groups is 1. The van der Waals surface area contributed by atoms with Crippen LogP contribution in [0.3, 0.4) is 0 Å². The van der Waals surface area contributed by atoms with Gasteiger partial charge in [0, 0.05) is 4.88 Å². The highest BCUT2D eigenvalue weighted by atomic mass is 32.1. The monoisotopic (exact) mass is 399 g/mol. The minimum absolute atomic E-state index is 0.129. The summed E-state index contributed by atoms with van der Waals surface area (Å²) in [6.07, 6.45) is 0.971. The highest BCUT2D eigenvalue weighted by Gasteiger charge is 2.27. The van der Waals surface area contributed by atoms with Crippen LogP contribution in [0, 0.1) is 6.92 Å². The predicted octanol–water partition coefficient (Wildman–Crippen LogP) is 3.09. The highest BCUT2D eigenvalue weighted by molar-refractivity contribution is 7.17. The van der Waals surface area contributed by atoms with Crippen LogP contribution in [-0.4, -0.2) is 29.4 Å². The summed E-state index contributed by atoms with van der Waals surface area (Å²) in [6.45, 7) is 3.14. The van der Waals surface area contributed by atoms with Crippen LogP contribution in [0.2, 0.25) is 0 Å². The summed E-state index contributed by atoms with van der Waals surface area (Å²) in [4.78, 5) is 18.1. The molecule has 2 aliphatic rings. The number of ether oxygens (including phenoxy) is 3. The summed E-state index contributed by atoms with van der Waals surface area (Å²) in [6, 6.07) is 5.51. The molecule has 28 heavy (non-hydrogen) atoms. The van der Waals surface area contributed by atoms with E-state index in [0.29, 0.717) is 41.4 Å².